The first kappa shape index (κ1) is 23.5. The van der Waals surface area contributed by atoms with Gasteiger partial charge in [-0.3, -0.25) is 4.79 Å². The van der Waals surface area contributed by atoms with Gasteiger partial charge < -0.3 is 20.1 Å². The largest absolute Gasteiger partial charge is 0.382 e. The number of hydrogen-bond acceptors (Lipinski definition) is 6. The van der Waals surface area contributed by atoms with E-state index < -0.39 is 0 Å². The zero-order valence-electron chi connectivity index (χ0n) is 17.2. The third-order valence-corrected chi connectivity index (χ3v) is 5.36. The molecule has 31 heavy (non-hydrogen) atoms. The zero-order chi connectivity index (χ0) is 22.1. The summed E-state index contributed by atoms with van der Waals surface area (Å²) >= 11 is 9.87. The van der Waals surface area contributed by atoms with Gasteiger partial charge in [0.2, 0.25) is 5.91 Å². The zero-order valence-corrected chi connectivity index (χ0v) is 19.6. The van der Waals surface area contributed by atoms with Crippen LogP contribution in [0.15, 0.2) is 41.0 Å². The Morgan fingerprint density at radius 2 is 2.03 bits per heavy atom. The van der Waals surface area contributed by atoms with Crippen molar-refractivity contribution in [2.24, 2.45) is 0 Å². The van der Waals surface area contributed by atoms with Gasteiger partial charge in [-0.05, 0) is 34.8 Å². The van der Waals surface area contributed by atoms with Crippen molar-refractivity contribution < 1.29 is 14.3 Å². The van der Waals surface area contributed by atoms with E-state index in [1.54, 1.807) is 17.8 Å². The van der Waals surface area contributed by atoms with Gasteiger partial charge in [0.15, 0.2) is 5.65 Å². The van der Waals surface area contributed by atoms with Crippen LogP contribution in [0.25, 0.3) is 16.9 Å². The van der Waals surface area contributed by atoms with E-state index in [1.165, 1.54) is 0 Å². The van der Waals surface area contributed by atoms with Crippen molar-refractivity contribution in [2.75, 3.05) is 45.3 Å². The quantitative estimate of drug-likeness (QED) is 0.361. The van der Waals surface area contributed by atoms with Crippen molar-refractivity contribution in [2.45, 2.75) is 12.8 Å². The van der Waals surface area contributed by atoms with Crippen LogP contribution in [0.2, 0.25) is 5.02 Å². The average Bonchev–Trinajstić information content (AvgIpc) is 3.15. The molecule has 0 saturated heterocycles. The number of hydrogen-bond donors (Lipinski definition) is 2. The van der Waals surface area contributed by atoms with Crippen LogP contribution in [-0.2, 0) is 14.3 Å². The van der Waals surface area contributed by atoms with Gasteiger partial charge in [0.05, 0.1) is 29.6 Å². The number of carbonyl (C=O) groups excluding carboxylic acids is 1. The summed E-state index contributed by atoms with van der Waals surface area (Å²) in [5.41, 5.74) is 2.33. The number of rotatable bonds is 12. The molecule has 0 bridgehead atoms. The molecule has 0 radical (unpaired) electrons. The molecule has 10 heteroatoms. The number of halogens is 2. The van der Waals surface area contributed by atoms with E-state index in [0.29, 0.717) is 30.4 Å². The molecule has 0 aliphatic rings. The van der Waals surface area contributed by atoms with Crippen molar-refractivity contribution >= 4 is 44.9 Å². The molecule has 0 spiro atoms. The van der Waals surface area contributed by atoms with Crippen LogP contribution in [0.1, 0.15) is 12.8 Å². The van der Waals surface area contributed by atoms with Crippen molar-refractivity contribution in [1.29, 1.82) is 0 Å². The third-order valence-electron chi connectivity index (χ3n) is 4.48. The predicted octanol–water partition coefficient (Wildman–Crippen LogP) is 3.78. The van der Waals surface area contributed by atoms with E-state index in [0.717, 1.165) is 40.9 Å². The molecule has 2 N–H and O–H groups in total. The summed E-state index contributed by atoms with van der Waals surface area (Å²) in [7, 11) is 1.59. The molecule has 0 aliphatic heterocycles. The van der Waals surface area contributed by atoms with E-state index in [4.69, 9.17) is 26.1 Å². The number of amides is 1. The fraction of sp³-hybridized carbons (Fsp3) is 0.381. The van der Waals surface area contributed by atoms with Crippen LogP contribution in [-0.4, -0.2) is 60.5 Å². The van der Waals surface area contributed by atoms with E-state index in [1.807, 2.05) is 30.3 Å². The Balaban J connectivity index is 1.53. The molecule has 166 valence electrons. The van der Waals surface area contributed by atoms with Gasteiger partial charge in [0.25, 0.3) is 0 Å². The second kappa shape index (κ2) is 12.0. The first-order valence-electron chi connectivity index (χ1n) is 9.96. The Labute approximate surface area is 194 Å². The van der Waals surface area contributed by atoms with Crippen molar-refractivity contribution in [3.05, 3.63) is 46.0 Å². The highest BCUT2D eigenvalue weighted by Gasteiger charge is 2.13. The van der Waals surface area contributed by atoms with Gasteiger partial charge in [-0.2, -0.15) is 9.61 Å². The van der Waals surface area contributed by atoms with Crippen LogP contribution in [0.5, 0.6) is 0 Å². The topological polar surface area (TPSA) is 89.8 Å². The molecule has 2 heterocycles. The summed E-state index contributed by atoms with van der Waals surface area (Å²) in [5, 5.41) is 11.3. The lowest BCUT2D eigenvalue weighted by Crippen LogP contribution is -2.29. The van der Waals surface area contributed by atoms with Crippen LogP contribution in [0.4, 0.5) is 5.82 Å². The third kappa shape index (κ3) is 6.64. The standard InChI is InChI=1S/C21H25BrClN5O3/c1-30-10-11-31-14-20(29)25-9-5-4-8-24-19-12-18(15-6-2-3-7-17(15)23)27-21-16(22)13-26-28(19)21/h2-3,6-7,12-13,24H,4-5,8-11,14H2,1H3,(H,25,29). The number of anilines is 1. The number of fused-ring (bicyclic) bond motifs is 1. The predicted molar refractivity (Wildman–Crippen MR) is 125 cm³/mol. The Hall–Kier alpha value is -2.20. The molecule has 1 amide bonds. The molecule has 3 rings (SSSR count). The van der Waals surface area contributed by atoms with Crippen molar-refractivity contribution in [3.63, 3.8) is 0 Å². The minimum atomic E-state index is -0.120. The summed E-state index contributed by atoms with van der Waals surface area (Å²) < 4.78 is 12.6. The summed E-state index contributed by atoms with van der Waals surface area (Å²) in [6.07, 6.45) is 3.43. The molecule has 0 fully saturated rings. The van der Waals surface area contributed by atoms with E-state index in [9.17, 15) is 4.79 Å². The summed E-state index contributed by atoms with van der Waals surface area (Å²) in [6, 6.07) is 9.55. The molecule has 2 aromatic heterocycles. The molecule has 0 saturated carbocycles. The molecule has 1 aromatic carbocycles. The minimum Gasteiger partial charge on any atom is -0.382 e. The first-order chi connectivity index (χ1) is 15.1. The number of nitrogens with zero attached hydrogens (tertiary/aromatic N) is 3. The lowest BCUT2D eigenvalue weighted by molar-refractivity contribution is -0.126. The highest BCUT2D eigenvalue weighted by atomic mass is 79.9. The second-order valence-electron chi connectivity index (χ2n) is 6.76. The Kier molecular flexibility index (Phi) is 9.08. The van der Waals surface area contributed by atoms with Crippen LogP contribution in [0, 0.1) is 0 Å². The molecular formula is C21H25BrClN5O3. The lowest BCUT2D eigenvalue weighted by Gasteiger charge is -2.12. The molecule has 0 aliphatic carbocycles. The smallest absolute Gasteiger partial charge is 0.245 e. The van der Waals surface area contributed by atoms with E-state index in [2.05, 4.69) is 31.7 Å². The summed E-state index contributed by atoms with van der Waals surface area (Å²) in [5.74, 6) is 0.701. The van der Waals surface area contributed by atoms with Crippen LogP contribution < -0.4 is 10.6 Å². The van der Waals surface area contributed by atoms with E-state index in [-0.39, 0.29) is 12.5 Å². The summed E-state index contributed by atoms with van der Waals surface area (Å²) in [6.45, 7) is 2.26. The second-order valence-corrected chi connectivity index (χ2v) is 8.03. The van der Waals surface area contributed by atoms with Gasteiger partial charge in [-0.1, -0.05) is 29.8 Å². The highest BCUT2D eigenvalue weighted by Crippen LogP contribution is 2.30. The molecule has 0 atom stereocenters. The number of unbranched alkanes of at least 4 members (excludes halogenated alkanes) is 1. The minimum absolute atomic E-state index is 0.0512. The SMILES string of the molecule is COCCOCC(=O)NCCCCNc1cc(-c2ccccc2Cl)nc2c(Br)cnn12. The molecule has 0 unspecified atom stereocenters. The van der Waals surface area contributed by atoms with Crippen molar-refractivity contribution in [3.8, 4) is 11.3 Å². The van der Waals surface area contributed by atoms with Crippen LogP contribution >= 0.6 is 27.5 Å². The Morgan fingerprint density at radius 1 is 1.23 bits per heavy atom. The van der Waals surface area contributed by atoms with Gasteiger partial charge in [-0.15, -0.1) is 0 Å². The Bertz CT molecular complexity index is 1010. The van der Waals surface area contributed by atoms with E-state index >= 15 is 0 Å². The normalized spacial score (nSPS) is 11.1. The van der Waals surface area contributed by atoms with Gasteiger partial charge >= 0.3 is 0 Å². The fourth-order valence-corrected chi connectivity index (χ4v) is 3.50. The average molecular weight is 511 g/mol. The molecular weight excluding hydrogens is 486 g/mol. The van der Waals surface area contributed by atoms with Crippen LogP contribution in [0.3, 0.4) is 0 Å². The van der Waals surface area contributed by atoms with Crippen molar-refractivity contribution in [1.82, 2.24) is 19.9 Å². The molecule has 3 aromatic rings. The number of aromatic nitrogens is 3. The molecule has 8 nitrogen and oxygen atoms in total. The first-order valence-corrected chi connectivity index (χ1v) is 11.1. The highest BCUT2D eigenvalue weighted by molar-refractivity contribution is 9.10. The number of ether oxygens (including phenoxy) is 2. The number of benzene rings is 1. The number of nitrogens with one attached hydrogen (secondary N) is 2. The maximum Gasteiger partial charge on any atom is 0.245 e. The maximum atomic E-state index is 11.7. The fourth-order valence-electron chi connectivity index (χ4n) is 2.92. The summed E-state index contributed by atoms with van der Waals surface area (Å²) in [4.78, 5) is 16.4. The van der Waals surface area contributed by atoms with Gasteiger partial charge in [0, 0.05) is 36.9 Å². The maximum absolute atomic E-state index is 11.7. The monoisotopic (exact) mass is 509 g/mol. The number of carbonyl (C=O) groups is 1. The number of methoxy groups -OCH3 is 1. The Morgan fingerprint density at radius 3 is 2.84 bits per heavy atom. The van der Waals surface area contributed by atoms with Gasteiger partial charge in [0.1, 0.15) is 12.4 Å². The lowest BCUT2D eigenvalue weighted by atomic mass is 10.1. The van der Waals surface area contributed by atoms with Gasteiger partial charge in [-0.25, -0.2) is 4.98 Å².